The molecule has 0 aliphatic rings. The van der Waals surface area contributed by atoms with Crippen LogP contribution in [0, 0.1) is 0 Å². The van der Waals surface area contributed by atoms with Gasteiger partial charge in [-0.25, -0.2) is 4.98 Å². The van der Waals surface area contributed by atoms with Crippen LogP contribution in [0.2, 0.25) is 0 Å². The maximum Gasteiger partial charge on any atom is 0.251 e. The van der Waals surface area contributed by atoms with Crippen molar-refractivity contribution in [3.63, 3.8) is 0 Å². The van der Waals surface area contributed by atoms with E-state index in [2.05, 4.69) is 29.1 Å². The summed E-state index contributed by atoms with van der Waals surface area (Å²) in [7, 11) is 1.66. The topological polar surface area (TPSA) is 67.0 Å². The minimum Gasteiger partial charge on any atom is -0.383 e. The van der Waals surface area contributed by atoms with Crippen LogP contribution >= 0.6 is 0 Å². The Balaban J connectivity index is 2.66. The molecule has 0 aromatic carbocycles. The van der Waals surface area contributed by atoms with Crippen LogP contribution in [-0.4, -0.2) is 30.2 Å². The maximum absolute atomic E-state index is 11.5. The van der Waals surface area contributed by atoms with E-state index >= 15 is 0 Å². The molecule has 5 nitrogen and oxygen atoms in total. The van der Waals surface area contributed by atoms with E-state index in [0.29, 0.717) is 13.2 Å². The van der Waals surface area contributed by atoms with Gasteiger partial charge in [-0.15, -0.1) is 0 Å². The normalized spacial score (nSPS) is 12.6. The number of ether oxygens (including phenoxy) is 1. The zero-order chi connectivity index (χ0) is 12.7. The Morgan fingerprint density at radius 1 is 1.59 bits per heavy atom. The van der Waals surface area contributed by atoms with Gasteiger partial charge in [0, 0.05) is 32.2 Å². The first-order chi connectivity index (χ1) is 8.17. The van der Waals surface area contributed by atoms with Crippen molar-refractivity contribution < 1.29 is 4.74 Å². The minimum atomic E-state index is -0.0844. The Bertz CT molecular complexity index is 390. The van der Waals surface area contributed by atoms with Crippen LogP contribution < -0.4 is 10.9 Å². The van der Waals surface area contributed by atoms with Crippen molar-refractivity contribution in [2.24, 2.45) is 0 Å². The first kappa shape index (κ1) is 13.9. The van der Waals surface area contributed by atoms with Crippen LogP contribution in [0.25, 0.3) is 0 Å². The summed E-state index contributed by atoms with van der Waals surface area (Å²) in [5.41, 5.74) is 0.694. The van der Waals surface area contributed by atoms with Gasteiger partial charge >= 0.3 is 0 Å². The molecule has 0 saturated heterocycles. The molecule has 0 saturated carbocycles. The fourth-order valence-corrected chi connectivity index (χ4v) is 1.44. The highest BCUT2D eigenvalue weighted by atomic mass is 16.5. The number of rotatable bonds is 7. The standard InChI is InChI=1S/C12H21N3O2/c1-4-9(2)12-14-10(7-11(16)15-12)8-13-5-6-17-3/h7,9,13H,4-6,8H2,1-3H3,(H,14,15,16). The number of hydrogen-bond acceptors (Lipinski definition) is 4. The second-order valence-electron chi connectivity index (χ2n) is 4.10. The van der Waals surface area contributed by atoms with Crippen molar-refractivity contribution in [2.45, 2.75) is 32.7 Å². The summed E-state index contributed by atoms with van der Waals surface area (Å²) in [6.45, 7) is 6.14. The Labute approximate surface area is 102 Å². The zero-order valence-electron chi connectivity index (χ0n) is 10.7. The van der Waals surface area contributed by atoms with Gasteiger partial charge in [0.15, 0.2) is 0 Å². The van der Waals surface area contributed by atoms with Crippen LogP contribution in [0.1, 0.15) is 37.7 Å². The molecule has 0 spiro atoms. The fraction of sp³-hybridized carbons (Fsp3) is 0.667. The molecule has 0 amide bonds. The molecule has 1 unspecified atom stereocenters. The molecule has 1 heterocycles. The van der Waals surface area contributed by atoms with Gasteiger partial charge in [-0.3, -0.25) is 4.79 Å². The Kier molecular flexibility index (Phi) is 5.86. The van der Waals surface area contributed by atoms with Crippen LogP contribution in [0.4, 0.5) is 0 Å². The number of hydrogen-bond donors (Lipinski definition) is 2. The van der Waals surface area contributed by atoms with Crippen LogP contribution in [-0.2, 0) is 11.3 Å². The SMILES string of the molecule is CCC(C)c1nc(CNCCOC)cc(=O)[nH]1. The first-order valence-electron chi connectivity index (χ1n) is 5.97. The Morgan fingerprint density at radius 3 is 3.00 bits per heavy atom. The quantitative estimate of drug-likeness (QED) is 0.697. The van der Waals surface area contributed by atoms with Crippen LogP contribution in [0.15, 0.2) is 10.9 Å². The molecular weight excluding hydrogens is 218 g/mol. The van der Waals surface area contributed by atoms with Crippen molar-refractivity contribution in [1.29, 1.82) is 0 Å². The van der Waals surface area contributed by atoms with E-state index < -0.39 is 0 Å². The average Bonchev–Trinajstić information content (AvgIpc) is 2.33. The zero-order valence-corrected chi connectivity index (χ0v) is 10.7. The van der Waals surface area contributed by atoms with Crippen LogP contribution in [0.3, 0.4) is 0 Å². The van der Waals surface area contributed by atoms with Crippen molar-refractivity contribution in [2.75, 3.05) is 20.3 Å². The highest BCUT2D eigenvalue weighted by Gasteiger charge is 2.07. The molecule has 17 heavy (non-hydrogen) atoms. The summed E-state index contributed by atoms with van der Waals surface area (Å²) in [5, 5.41) is 3.17. The molecule has 1 aromatic rings. The van der Waals surface area contributed by atoms with E-state index in [1.54, 1.807) is 7.11 Å². The lowest BCUT2D eigenvalue weighted by Gasteiger charge is -2.09. The summed E-state index contributed by atoms with van der Waals surface area (Å²) in [5.74, 6) is 1.05. The summed E-state index contributed by atoms with van der Waals surface area (Å²) >= 11 is 0. The highest BCUT2D eigenvalue weighted by molar-refractivity contribution is 5.05. The summed E-state index contributed by atoms with van der Waals surface area (Å²) in [6.07, 6.45) is 0.962. The van der Waals surface area contributed by atoms with Gasteiger partial charge in [0.25, 0.3) is 5.56 Å². The third-order valence-electron chi connectivity index (χ3n) is 2.68. The largest absolute Gasteiger partial charge is 0.383 e. The van der Waals surface area contributed by atoms with Crippen molar-refractivity contribution in [1.82, 2.24) is 15.3 Å². The first-order valence-corrected chi connectivity index (χ1v) is 5.97. The smallest absolute Gasteiger partial charge is 0.251 e. The molecule has 0 aliphatic carbocycles. The van der Waals surface area contributed by atoms with E-state index in [0.717, 1.165) is 24.5 Å². The van der Waals surface area contributed by atoms with E-state index in [4.69, 9.17) is 4.74 Å². The average molecular weight is 239 g/mol. The van der Waals surface area contributed by atoms with Gasteiger partial charge in [-0.2, -0.15) is 0 Å². The fourth-order valence-electron chi connectivity index (χ4n) is 1.44. The lowest BCUT2D eigenvalue weighted by molar-refractivity contribution is 0.199. The van der Waals surface area contributed by atoms with Gasteiger partial charge in [0.05, 0.1) is 12.3 Å². The van der Waals surface area contributed by atoms with Gasteiger partial charge in [-0.1, -0.05) is 13.8 Å². The van der Waals surface area contributed by atoms with Gasteiger partial charge < -0.3 is 15.0 Å². The summed E-state index contributed by atoms with van der Waals surface area (Å²) in [4.78, 5) is 18.7. The molecule has 5 heteroatoms. The molecule has 2 N–H and O–H groups in total. The Hall–Kier alpha value is -1.20. The van der Waals surface area contributed by atoms with Gasteiger partial charge in [0.1, 0.15) is 5.82 Å². The number of methoxy groups -OCH3 is 1. The molecule has 1 rings (SSSR count). The van der Waals surface area contributed by atoms with Crippen molar-refractivity contribution in [3.05, 3.63) is 27.9 Å². The second-order valence-corrected chi connectivity index (χ2v) is 4.10. The molecule has 0 bridgehead atoms. The number of aromatic nitrogens is 2. The number of nitrogens with zero attached hydrogens (tertiary/aromatic N) is 1. The van der Waals surface area contributed by atoms with E-state index in [1.807, 2.05) is 0 Å². The third-order valence-corrected chi connectivity index (χ3v) is 2.68. The van der Waals surface area contributed by atoms with Gasteiger partial charge in [-0.05, 0) is 6.42 Å². The molecule has 96 valence electrons. The molecule has 0 aliphatic heterocycles. The number of H-pyrrole nitrogens is 1. The monoisotopic (exact) mass is 239 g/mol. The molecule has 1 atom stereocenters. The Morgan fingerprint density at radius 2 is 2.35 bits per heavy atom. The molecule has 0 radical (unpaired) electrons. The lowest BCUT2D eigenvalue weighted by Crippen LogP contribution is -2.22. The third kappa shape index (κ3) is 4.66. The predicted octanol–water partition coefficient (Wildman–Crippen LogP) is 1.02. The van der Waals surface area contributed by atoms with E-state index in [1.165, 1.54) is 6.07 Å². The predicted molar refractivity (Wildman–Crippen MR) is 67.1 cm³/mol. The lowest BCUT2D eigenvalue weighted by atomic mass is 10.1. The second kappa shape index (κ2) is 7.19. The van der Waals surface area contributed by atoms with Gasteiger partial charge in [0.2, 0.25) is 0 Å². The summed E-state index contributed by atoms with van der Waals surface area (Å²) < 4.78 is 4.93. The van der Waals surface area contributed by atoms with Crippen LogP contribution in [0.5, 0.6) is 0 Å². The van der Waals surface area contributed by atoms with Crippen molar-refractivity contribution >= 4 is 0 Å². The molecular formula is C12H21N3O2. The summed E-state index contributed by atoms with van der Waals surface area (Å²) in [6, 6.07) is 1.53. The van der Waals surface area contributed by atoms with E-state index in [9.17, 15) is 4.79 Å². The highest BCUT2D eigenvalue weighted by Crippen LogP contribution is 2.12. The maximum atomic E-state index is 11.5. The van der Waals surface area contributed by atoms with E-state index in [-0.39, 0.29) is 11.5 Å². The minimum absolute atomic E-state index is 0.0844. The number of aromatic amines is 1. The van der Waals surface area contributed by atoms with Crippen molar-refractivity contribution in [3.8, 4) is 0 Å². The number of nitrogens with one attached hydrogen (secondary N) is 2. The molecule has 0 fully saturated rings. The molecule has 1 aromatic heterocycles.